The molecule has 1 aliphatic heterocycles. The summed E-state index contributed by atoms with van der Waals surface area (Å²) in [5, 5.41) is 0. The number of halogens is 1. The second-order valence-corrected chi connectivity index (χ2v) is 7.38. The maximum atomic E-state index is 13.6. The Morgan fingerprint density at radius 2 is 2.23 bits per heavy atom. The van der Waals surface area contributed by atoms with E-state index >= 15 is 0 Å². The quantitative estimate of drug-likeness (QED) is 0.501. The highest BCUT2D eigenvalue weighted by molar-refractivity contribution is 6.76. The Morgan fingerprint density at radius 1 is 1.46 bits per heavy atom. The highest BCUT2D eigenvalue weighted by Gasteiger charge is 2.42. The molecule has 1 saturated heterocycles. The molecule has 74 valence electrons. The molecule has 1 fully saturated rings. The number of hydrogen-bond acceptors (Lipinski definition) is 1. The van der Waals surface area contributed by atoms with Crippen LogP contribution in [0.2, 0.25) is 12.1 Å². The van der Waals surface area contributed by atoms with Crippen LogP contribution >= 0.6 is 0 Å². The van der Waals surface area contributed by atoms with Crippen molar-refractivity contribution in [1.82, 2.24) is 0 Å². The van der Waals surface area contributed by atoms with E-state index in [0.717, 1.165) is 18.9 Å². The Bertz CT molecular complexity index is 187. The van der Waals surface area contributed by atoms with Crippen molar-refractivity contribution < 1.29 is 8.82 Å². The maximum Gasteiger partial charge on any atom is 0.235 e. The van der Waals surface area contributed by atoms with Crippen molar-refractivity contribution >= 4 is 8.32 Å². The Balaban J connectivity index is 2.71. The Labute approximate surface area is 80.4 Å². The van der Waals surface area contributed by atoms with Crippen LogP contribution in [-0.4, -0.2) is 20.7 Å². The van der Waals surface area contributed by atoms with Gasteiger partial charge in [-0.1, -0.05) is 18.6 Å². The molecule has 0 aromatic carbocycles. The van der Waals surface area contributed by atoms with Crippen molar-refractivity contribution in [2.45, 2.75) is 30.7 Å². The molecule has 13 heavy (non-hydrogen) atoms. The summed E-state index contributed by atoms with van der Waals surface area (Å²) in [5.41, 5.74) is 0. The molecular formula is C10H17FOSi. The molecule has 2 unspecified atom stereocenters. The van der Waals surface area contributed by atoms with E-state index in [4.69, 9.17) is 4.43 Å². The summed E-state index contributed by atoms with van der Waals surface area (Å²) < 4.78 is 19.3. The van der Waals surface area contributed by atoms with Gasteiger partial charge in [-0.2, -0.15) is 0 Å². The molecular weight excluding hydrogens is 183 g/mol. The van der Waals surface area contributed by atoms with Crippen LogP contribution in [0.3, 0.4) is 0 Å². The topological polar surface area (TPSA) is 9.23 Å². The summed E-state index contributed by atoms with van der Waals surface area (Å²) >= 11 is 0. The minimum absolute atomic E-state index is 0.709. The third-order valence-corrected chi connectivity index (χ3v) is 6.78. The van der Waals surface area contributed by atoms with Crippen LogP contribution in [0.25, 0.3) is 0 Å². The van der Waals surface area contributed by atoms with Crippen LogP contribution in [0, 0.1) is 0 Å². The summed E-state index contributed by atoms with van der Waals surface area (Å²) in [7, 11) is -2.19. The van der Waals surface area contributed by atoms with Crippen molar-refractivity contribution in [2.24, 2.45) is 0 Å². The van der Waals surface area contributed by atoms with Crippen molar-refractivity contribution in [3.8, 4) is 0 Å². The summed E-state index contributed by atoms with van der Waals surface area (Å²) in [6.45, 7) is 7.90. The van der Waals surface area contributed by atoms with E-state index < -0.39 is 14.1 Å². The van der Waals surface area contributed by atoms with Crippen LogP contribution in [0.4, 0.5) is 4.39 Å². The van der Waals surface area contributed by atoms with Gasteiger partial charge in [0.05, 0.1) is 0 Å². The molecule has 1 aliphatic rings. The van der Waals surface area contributed by atoms with Crippen LogP contribution in [0.1, 0.15) is 12.8 Å². The molecule has 0 N–H and O–H groups in total. The van der Waals surface area contributed by atoms with Gasteiger partial charge in [0, 0.05) is 6.61 Å². The zero-order chi connectivity index (χ0) is 9.73. The van der Waals surface area contributed by atoms with Gasteiger partial charge in [0.25, 0.3) is 0 Å². The molecule has 0 radical (unpaired) electrons. The fraction of sp³-hybridized carbons (Fsp3) is 0.600. The summed E-state index contributed by atoms with van der Waals surface area (Å²) in [6, 6.07) is 1.62. The van der Waals surface area contributed by atoms with E-state index in [9.17, 15) is 4.39 Å². The molecule has 0 saturated carbocycles. The zero-order valence-corrected chi connectivity index (χ0v) is 8.97. The first-order valence-corrected chi connectivity index (χ1v) is 7.16. The average Bonchev–Trinajstić information content (AvgIpc) is 2.18. The van der Waals surface area contributed by atoms with E-state index in [0.29, 0.717) is 12.7 Å². The van der Waals surface area contributed by atoms with Gasteiger partial charge >= 0.3 is 0 Å². The average molecular weight is 200 g/mol. The fourth-order valence-electron chi connectivity index (χ4n) is 1.82. The van der Waals surface area contributed by atoms with Crippen LogP contribution in [0.15, 0.2) is 25.3 Å². The van der Waals surface area contributed by atoms with Crippen molar-refractivity contribution in [3.05, 3.63) is 25.3 Å². The largest absolute Gasteiger partial charge is 0.413 e. The second kappa shape index (κ2) is 4.72. The lowest BCUT2D eigenvalue weighted by atomic mass is 10.4. The lowest BCUT2D eigenvalue weighted by molar-refractivity contribution is 0.244. The lowest BCUT2D eigenvalue weighted by Gasteiger charge is -2.35. The van der Waals surface area contributed by atoms with E-state index in [-0.39, 0.29) is 0 Å². The van der Waals surface area contributed by atoms with Crippen LogP contribution in [0.5, 0.6) is 0 Å². The molecule has 1 rings (SSSR count). The molecule has 3 heteroatoms. The highest BCUT2D eigenvalue weighted by Crippen LogP contribution is 2.31. The normalized spacial score (nSPS) is 30.8. The molecule has 1 nitrogen and oxygen atoms in total. The lowest BCUT2D eigenvalue weighted by Crippen LogP contribution is -2.49. The molecule has 0 bridgehead atoms. The van der Waals surface area contributed by atoms with Crippen LogP contribution in [-0.2, 0) is 4.43 Å². The fourth-order valence-corrected chi connectivity index (χ4v) is 5.27. The van der Waals surface area contributed by atoms with E-state index in [1.165, 1.54) is 6.08 Å². The molecule has 1 heterocycles. The van der Waals surface area contributed by atoms with Gasteiger partial charge in [-0.25, -0.2) is 4.39 Å². The molecule has 0 amide bonds. The highest BCUT2D eigenvalue weighted by atomic mass is 28.4. The Morgan fingerprint density at radius 3 is 2.69 bits per heavy atom. The monoisotopic (exact) mass is 200 g/mol. The van der Waals surface area contributed by atoms with Gasteiger partial charge in [0.2, 0.25) is 8.32 Å². The Hall–Kier alpha value is -0.413. The predicted molar refractivity (Wildman–Crippen MR) is 55.8 cm³/mol. The first-order chi connectivity index (χ1) is 6.25. The van der Waals surface area contributed by atoms with Crippen LogP contribution < -0.4 is 0 Å². The van der Waals surface area contributed by atoms with Crippen molar-refractivity contribution in [1.29, 1.82) is 0 Å². The third kappa shape index (κ3) is 2.29. The molecule has 0 spiro atoms. The Kier molecular flexibility index (Phi) is 3.87. The third-order valence-electron chi connectivity index (χ3n) is 2.58. The van der Waals surface area contributed by atoms with Gasteiger partial charge in [-0.05, 0) is 18.5 Å². The van der Waals surface area contributed by atoms with Gasteiger partial charge in [0.1, 0.15) is 5.79 Å². The van der Waals surface area contributed by atoms with Gasteiger partial charge in [-0.15, -0.1) is 13.2 Å². The zero-order valence-electron chi connectivity index (χ0n) is 7.97. The molecule has 0 aliphatic carbocycles. The van der Waals surface area contributed by atoms with E-state index in [1.807, 2.05) is 0 Å². The molecule has 0 aromatic rings. The van der Waals surface area contributed by atoms with Gasteiger partial charge in [0.15, 0.2) is 0 Å². The van der Waals surface area contributed by atoms with Gasteiger partial charge < -0.3 is 4.43 Å². The predicted octanol–water partition coefficient (Wildman–Crippen LogP) is 2.99. The smallest absolute Gasteiger partial charge is 0.235 e. The summed E-state index contributed by atoms with van der Waals surface area (Å²) in [6.07, 6.45) is 5.33. The van der Waals surface area contributed by atoms with E-state index in [2.05, 4.69) is 13.2 Å². The second-order valence-electron chi connectivity index (χ2n) is 3.50. The number of hydrogen-bond donors (Lipinski definition) is 0. The minimum Gasteiger partial charge on any atom is -0.413 e. The molecule has 2 atom stereocenters. The number of allylic oxidation sites excluding steroid dienone is 2. The van der Waals surface area contributed by atoms with Crippen molar-refractivity contribution in [3.63, 3.8) is 0 Å². The number of alkyl halides is 1. The summed E-state index contributed by atoms with van der Waals surface area (Å²) in [5.74, 6) is -0.939. The number of rotatable bonds is 4. The van der Waals surface area contributed by atoms with E-state index in [1.54, 1.807) is 6.08 Å². The summed E-state index contributed by atoms with van der Waals surface area (Å²) in [4.78, 5) is 0. The maximum absolute atomic E-state index is 13.6. The van der Waals surface area contributed by atoms with Crippen molar-refractivity contribution in [2.75, 3.05) is 6.61 Å². The minimum atomic E-state index is -2.19. The standard InChI is InChI=1S/C10H17FOSi/c1-3-8-13(10(11)4-2)9-6-5-7-12-13/h3-4,10H,1-2,5-9H2. The molecule has 0 aromatic heterocycles. The SMILES string of the molecule is C=CC[Si]1(C(F)C=C)CCCCO1. The first-order valence-electron chi connectivity index (χ1n) is 4.76. The van der Waals surface area contributed by atoms with Gasteiger partial charge in [-0.3, -0.25) is 0 Å². The first kappa shape index (κ1) is 10.7.